The van der Waals surface area contributed by atoms with E-state index in [0.717, 1.165) is 11.8 Å². The van der Waals surface area contributed by atoms with Gasteiger partial charge >= 0.3 is 0 Å². The summed E-state index contributed by atoms with van der Waals surface area (Å²) in [6.45, 7) is 4.62. The monoisotopic (exact) mass is 267 g/mol. The van der Waals surface area contributed by atoms with Crippen LogP contribution in [0.25, 0.3) is 0 Å². The van der Waals surface area contributed by atoms with Gasteiger partial charge in [0.2, 0.25) is 0 Å². The van der Waals surface area contributed by atoms with E-state index in [2.05, 4.69) is 46.9 Å². The second-order valence-corrected chi connectivity index (χ2v) is 5.74. The first-order valence-electron chi connectivity index (χ1n) is 5.75. The third-order valence-electron chi connectivity index (χ3n) is 3.50. The van der Waals surface area contributed by atoms with Crippen molar-refractivity contribution in [3.05, 3.63) is 30.1 Å². The van der Waals surface area contributed by atoms with E-state index in [4.69, 9.17) is 0 Å². The van der Waals surface area contributed by atoms with Crippen LogP contribution in [0.15, 0.2) is 24.4 Å². The maximum Gasteiger partial charge on any atom is 0.0442 e. The molecule has 1 aliphatic carbocycles. The molecule has 1 aliphatic rings. The van der Waals surface area contributed by atoms with E-state index in [-0.39, 0.29) is 0 Å². The Morgan fingerprint density at radius 3 is 2.60 bits per heavy atom. The summed E-state index contributed by atoms with van der Waals surface area (Å²) < 4.78 is 0. The van der Waals surface area contributed by atoms with Crippen molar-refractivity contribution in [2.24, 2.45) is 11.8 Å². The Balaban J connectivity index is 2.03. The molecule has 3 atom stereocenters. The fraction of sp³-hybridized carbons (Fsp3) is 0.615. The molecular formula is C13H18BrN. The number of nitrogens with zero attached hydrogens (tertiary/aromatic N) is 1. The summed E-state index contributed by atoms with van der Waals surface area (Å²) in [5.41, 5.74) is 1.20. The molecule has 0 aliphatic heterocycles. The van der Waals surface area contributed by atoms with Crippen LogP contribution in [0.1, 0.15) is 38.3 Å². The van der Waals surface area contributed by atoms with Crippen LogP contribution < -0.4 is 0 Å². The number of hydrogen-bond acceptors (Lipinski definition) is 1. The predicted molar refractivity (Wildman–Crippen MR) is 67.3 cm³/mol. The van der Waals surface area contributed by atoms with Crippen molar-refractivity contribution >= 4 is 15.9 Å². The van der Waals surface area contributed by atoms with E-state index in [9.17, 15) is 0 Å². The highest BCUT2D eigenvalue weighted by atomic mass is 79.9. The summed E-state index contributed by atoms with van der Waals surface area (Å²) in [4.78, 5) is 4.99. The predicted octanol–water partition coefficient (Wildman–Crippen LogP) is 3.99. The quantitative estimate of drug-likeness (QED) is 0.752. The Hall–Kier alpha value is -0.370. The van der Waals surface area contributed by atoms with Gasteiger partial charge in [-0.25, -0.2) is 0 Å². The van der Waals surface area contributed by atoms with Gasteiger partial charge in [-0.05, 0) is 36.8 Å². The molecule has 0 bridgehead atoms. The molecule has 0 N–H and O–H groups in total. The van der Waals surface area contributed by atoms with E-state index in [1.807, 2.05) is 12.3 Å². The molecule has 1 fully saturated rings. The van der Waals surface area contributed by atoms with Crippen LogP contribution in [-0.2, 0) is 0 Å². The van der Waals surface area contributed by atoms with Gasteiger partial charge in [-0.15, -0.1) is 0 Å². The van der Waals surface area contributed by atoms with Gasteiger partial charge in [0.1, 0.15) is 0 Å². The van der Waals surface area contributed by atoms with Gasteiger partial charge in [0.05, 0.1) is 0 Å². The van der Waals surface area contributed by atoms with Crippen LogP contribution in [-0.4, -0.2) is 9.81 Å². The molecule has 2 heteroatoms. The first kappa shape index (κ1) is 11.1. The van der Waals surface area contributed by atoms with Crippen LogP contribution >= 0.6 is 15.9 Å². The van der Waals surface area contributed by atoms with Crippen molar-refractivity contribution < 1.29 is 0 Å². The third kappa shape index (κ3) is 2.60. The molecule has 0 radical (unpaired) electrons. The van der Waals surface area contributed by atoms with Gasteiger partial charge in [-0.2, -0.15) is 0 Å². The molecule has 0 amide bonds. The summed E-state index contributed by atoms with van der Waals surface area (Å²) >= 11 is 3.85. The summed E-state index contributed by atoms with van der Waals surface area (Å²) in [5, 5.41) is 0. The highest BCUT2D eigenvalue weighted by Gasteiger charge is 2.34. The van der Waals surface area contributed by atoms with Crippen LogP contribution in [0, 0.1) is 11.8 Å². The standard InChI is InChI=1S/C13H18BrN/c1-9(11-6-7-11)13(14)10(2)12-5-3-4-8-15-12/h3-5,8-11,13H,6-7H2,1-2H3. The summed E-state index contributed by atoms with van der Waals surface area (Å²) in [6.07, 6.45) is 4.71. The molecule has 1 saturated carbocycles. The zero-order valence-corrected chi connectivity index (χ0v) is 10.9. The molecule has 1 heterocycles. The average Bonchev–Trinajstić information content (AvgIpc) is 3.11. The second-order valence-electron chi connectivity index (χ2n) is 4.68. The summed E-state index contributed by atoms with van der Waals surface area (Å²) in [6, 6.07) is 6.17. The molecule has 2 rings (SSSR count). The molecular weight excluding hydrogens is 250 g/mol. The molecule has 1 aromatic rings. The van der Waals surface area contributed by atoms with Crippen molar-refractivity contribution in [3.8, 4) is 0 Å². The smallest absolute Gasteiger partial charge is 0.0442 e. The number of hydrogen-bond donors (Lipinski definition) is 0. The van der Waals surface area contributed by atoms with Gasteiger partial charge in [-0.1, -0.05) is 35.8 Å². The number of aromatic nitrogens is 1. The minimum Gasteiger partial charge on any atom is -0.261 e. The van der Waals surface area contributed by atoms with Crippen LogP contribution in [0.3, 0.4) is 0 Å². The third-order valence-corrected chi connectivity index (χ3v) is 5.13. The molecule has 1 aromatic heterocycles. The van der Waals surface area contributed by atoms with Crippen LogP contribution in [0.2, 0.25) is 0 Å². The Bertz CT molecular complexity index is 308. The summed E-state index contributed by atoms with van der Waals surface area (Å²) in [7, 11) is 0. The Labute approximate surface area is 100 Å². The van der Waals surface area contributed by atoms with Crippen molar-refractivity contribution in [2.75, 3.05) is 0 Å². The fourth-order valence-corrected chi connectivity index (χ4v) is 2.85. The topological polar surface area (TPSA) is 12.9 Å². The van der Waals surface area contributed by atoms with E-state index in [0.29, 0.717) is 10.7 Å². The molecule has 0 saturated heterocycles. The zero-order chi connectivity index (χ0) is 10.8. The molecule has 1 nitrogen and oxygen atoms in total. The van der Waals surface area contributed by atoms with Crippen molar-refractivity contribution in [1.29, 1.82) is 0 Å². The SMILES string of the molecule is CC(c1ccccn1)C(Br)C(C)C1CC1. The number of halogens is 1. The number of rotatable bonds is 4. The van der Waals surface area contributed by atoms with Crippen molar-refractivity contribution in [3.63, 3.8) is 0 Å². The first-order chi connectivity index (χ1) is 7.20. The Morgan fingerprint density at radius 2 is 2.07 bits per heavy atom. The fourth-order valence-electron chi connectivity index (χ4n) is 2.15. The molecule has 0 aromatic carbocycles. The van der Waals surface area contributed by atoms with E-state index >= 15 is 0 Å². The lowest BCUT2D eigenvalue weighted by molar-refractivity contribution is 0.451. The van der Waals surface area contributed by atoms with Gasteiger partial charge in [-0.3, -0.25) is 4.98 Å². The van der Waals surface area contributed by atoms with Gasteiger partial charge in [0.15, 0.2) is 0 Å². The molecule has 3 unspecified atom stereocenters. The highest BCUT2D eigenvalue weighted by molar-refractivity contribution is 9.09. The normalized spacial score (nSPS) is 22.1. The Morgan fingerprint density at radius 1 is 1.33 bits per heavy atom. The van der Waals surface area contributed by atoms with Gasteiger partial charge in [0, 0.05) is 22.6 Å². The number of alkyl halides is 1. The van der Waals surface area contributed by atoms with Crippen molar-refractivity contribution in [1.82, 2.24) is 4.98 Å². The second kappa shape index (κ2) is 4.65. The van der Waals surface area contributed by atoms with E-state index in [1.165, 1.54) is 18.5 Å². The lowest BCUT2D eigenvalue weighted by Gasteiger charge is -2.24. The van der Waals surface area contributed by atoms with Crippen LogP contribution in [0.5, 0.6) is 0 Å². The first-order valence-corrected chi connectivity index (χ1v) is 6.66. The maximum atomic E-state index is 4.43. The van der Waals surface area contributed by atoms with Crippen molar-refractivity contribution in [2.45, 2.75) is 37.4 Å². The molecule has 15 heavy (non-hydrogen) atoms. The van der Waals surface area contributed by atoms with Gasteiger partial charge in [0.25, 0.3) is 0 Å². The largest absolute Gasteiger partial charge is 0.261 e. The minimum atomic E-state index is 0.502. The highest BCUT2D eigenvalue weighted by Crippen LogP contribution is 2.43. The van der Waals surface area contributed by atoms with E-state index < -0.39 is 0 Å². The van der Waals surface area contributed by atoms with E-state index in [1.54, 1.807) is 0 Å². The molecule has 82 valence electrons. The summed E-state index contributed by atoms with van der Waals surface area (Å²) in [5.74, 6) is 2.21. The minimum absolute atomic E-state index is 0.502. The Kier molecular flexibility index (Phi) is 3.45. The van der Waals surface area contributed by atoms with Crippen LogP contribution in [0.4, 0.5) is 0 Å². The number of pyridine rings is 1. The van der Waals surface area contributed by atoms with Gasteiger partial charge < -0.3 is 0 Å². The average molecular weight is 268 g/mol. The zero-order valence-electron chi connectivity index (χ0n) is 9.36. The lowest BCUT2D eigenvalue weighted by atomic mass is 9.91. The maximum absolute atomic E-state index is 4.43. The lowest BCUT2D eigenvalue weighted by Crippen LogP contribution is -2.20. The molecule has 0 spiro atoms.